The number of esters is 1. The van der Waals surface area contributed by atoms with Crippen molar-refractivity contribution in [3.8, 4) is 0 Å². The van der Waals surface area contributed by atoms with E-state index in [1.54, 1.807) is 6.92 Å². The molecule has 0 aliphatic rings. The summed E-state index contributed by atoms with van der Waals surface area (Å²) in [6, 6.07) is 8.31. The molecule has 1 unspecified atom stereocenters. The topological polar surface area (TPSA) is 76.5 Å². The molecule has 2 rings (SSSR count). The van der Waals surface area contributed by atoms with Gasteiger partial charge >= 0.3 is 11.9 Å². The molecule has 0 radical (unpaired) electrons. The highest BCUT2D eigenvalue weighted by atomic mass is 32.1. The van der Waals surface area contributed by atoms with E-state index < -0.39 is 11.4 Å². The van der Waals surface area contributed by atoms with Gasteiger partial charge in [0.2, 0.25) is 0 Å². The van der Waals surface area contributed by atoms with Crippen molar-refractivity contribution in [3.05, 3.63) is 51.5 Å². The molecule has 1 atom stereocenters. The molecule has 29 heavy (non-hydrogen) atoms. The Labute approximate surface area is 177 Å². The summed E-state index contributed by atoms with van der Waals surface area (Å²) in [4.78, 5) is 29.1. The molecule has 5 nitrogen and oxygen atoms in total. The maximum absolute atomic E-state index is 13.0. The number of carboxylic acid groups (broad SMARTS) is 1. The smallest absolute Gasteiger partial charge is 0.318 e. The van der Waals surface area contributed by atoms with Crippen molar-refractivity contribution in [3.63, 3.8) is 0 Å². The highest BCUT2D eigenvalue weighted by Gasteiger charge is 2.43. The predicted octanol–water partition coefficient (Wildman–Crippen LogP) is 5.14. The number of carbonyl (C=O) groups is 2. The van der Waals surface area contributed by atoms with Crippen LogP contribution in [0.4, 0.5) is 0 Å². The first-order valence-corrected chi connectivity index (χ1v) is 11.0. The first-order chi connectivity index (χ1) is 13.8. The number of aromatic nitrogens is 1. The number of hydrogen-bond donors (Lipinski definition) is 1. The number of carboxylic acids is 1. The number of carbonyl (C=O) groups excluding carboxylic acids is 1. The predicted molar refractivity (Wildman–Crippen MR) is 115 cm³/mol. The SMILES string of the molecule is CCOC(=O)C(CCC(=O)O)(CCC(C)C)c1csc(Cc2ccc(C)cc2)n1. The fraction of sp³-hybridized carbons (Fsp3) is 0.522. The van der Waals surface area contributed by atoms with Crippen LogP contribution < -0.4 is 0 Å². The lowest BCUT2D eigenvalue weighted by atomic mass is 9.75. The van der Waals surface area contributed by atoms with Crippen LogP contribution in [0, 0.1) is 12.8 Å². The Bertz CT molecular complexity index is 813. The van der Waals surface area contributed by atoms with E-state index in [2.05, 4.69) is 45.0 Å². The maximum Gasteiger partial charge on any atom is 0.318 e. The third-order valence-electron chi connectivity index (χ3n) is 5.10. The van der Waals surface area contributed by atoms with Crippen molar-refractivity contribution in [1.82, 2.24) is 4.98 Å². The van der Waals surface area contributed by atoms with E-state index >= 15 is 0 Å². The minimum Gasteiger partial charge on any atom is -0.481 e. The Morgan fingerprint density at radius 1 is 1.21 bits per heavy atom. The molecule has 1 N–H and O–H groups in total. The number of nitrogens with zero attached hydrogens (tertiary/aromatic N) is 1. The molecule has 0 fully saturated rings. The highest BCUT2D eigenvalue weighted by molar-refractivity contribution is 7.09. The number of benzene rings is 1. The second-order valence-corrected chi connectivity index (χ2v) is 8.86. The molecular formula is C23H31NO4S. The van der Waals surface area contributed by atoms with E-state index in [9.17, 15) is 14.7 Å². The van der Waals surface area contributed by atoms with E-state index in [4.69, 9.17) is 9.72 Å². The molecule has 1 heterocycles. The van der Waals surface area contributed by atoms with Gasteiger partial charge in [0.1, 0.15) is 5.41 Å². The van der Waals surface area contributed by atoms with Gasteiger partial charge in [-0.15, -0.1) is 11.3 Å². The van der Waals surface area contributed by atoms with Gasteiger partial charge in [-0.2, -0.15) is 0 Å². The summed E-state index contributed by atoms with van der Waals surface area (Å²) in [6.45, 7) is 8.27. The summed E-state index contributed by atoms with van der Waals surface area (Å²) in [5.41, 5.74) is 1.99. The molecular weight excluding hydrogens is 386 g/mol. The van der Waals surface area contributed by atoms with Crippen LogP contribution in [0.2, 0.25) is 0 Å². The molecule has 1 aromatic carbocycles. The number of hydrogen-bond acceptors (Lipinski definition) is 5. The molecule has 2 aromatic rings. The van der Waals surface area contributed by atoms with Crippen molar-refractivity contribution in [1.29, 1.82) is 0 Å². The first kappa shape index (κ1) is 23.1. The van der Waals surface area contributed by atoms with Gasteiger partial charge in [0.25, 0.3) is 0 Å². The monoisotopic (exact) mass is 417 g/mol. The molecule has 0 spiro atoms. The molecule has 0 saturated carbocycles. The zero-order valence-corrected chi connectivity index (χ0v) is 18.6. The number of ether oxygens (including phenoxy) is 1. The highest BCUT2D eigenvalue weighted by Crippen LogP contribution is 2.38. The van der Waals surface area contributed by atoms with E-state index in [-0.39, 0.29) is 25.4 Å². The molecule has 0 bridgehead atoms. The quantitative estimate of drug-likeness (QED) is 0.512. The summed E-state index contributed by atoms with van der Waals surface area (Å²) >= 11 is 1.51. The largest absolute Gasteiger partial charge is 0.481 e. The number of rotatable bonds is 11. The summed E-state index contributed by atoms with van der Waals surface area (Å²) in [7, 11) is 0. The number of aliphatic carboxylic acids is 1. The Balaban J connectivity index is 2.37. The third kappa shape index (κ3) is 6.39. The van der Waals surface area contributed by atoms with Gasteiger partial charge in [-0.3, -0.25) is 9.59 Å². The van der Waals surface area contributed by atoms with Gasteiger partial charge in [0, 0.05) is 18.2 Å². The van der Waals surface area contributed by atoms with E-state index in [0.29, 0.717) is 24.5 Å². The second-order valence-electron chi connectivity index (χ2n) is 7.92. The summed E-state index contributed by atoms with van der Waals surface area (Å²) < 4.78 is 5.40. The van der Waals surface area contributed by atoms with Crippen LogP contribution in [0.25, 0.3) is 0 Å². The van der Waals surface area contributed by atoms with Crippen LogP contribution in [-0.2, 0) is 26.2 Å². The second kappa shape index (κ2) is 10.5. The van der Waals surface area contributed by atoms with Crippen LogP contribution in [0.15, 0.2) is 29.6 Å². The average Bonchev–Trinajstić information content (AvgIpc) is 3.12. The van der Waals surface area contributed by atoms with Crippen LogP contribution in [0.5, 0.6) is 0 Å². The van der Waals surface area contributed by atoms with Crippen LogP contribution in [0.3, 0.4) is 0 Å². The fourth-order valence-electron chi connectivity index (χ4n) is 3.31. The average molecular weight is 418 g/mol. The lowest BCUT2D eigenvalue weighted by Gasteiger charge is -2.30. The zero-order valence-electron chi connectivity index (χ0n) is 17.7. The minimum atomic E-state index is -1.01. The van der Waals surface area contributed by atoms with Crippen molar-refractivity contribution in [2.45, 2.75) is 65.2 Å². The normalized spacial score (nSPS) is 13.3. The van der Waals surface area contributed by atoms with Gasteiger partial charge in [-0.1, -0.05) is 43.7 Å². The van der Waals surface area contributed by atoms with Gasteiger partial charge in [-0.05, 0) is 44.6 Å². The molecule has 6 heteroatoms. The fourth-order valence-corrected chi connectivity index (χ4v) is 4.23. The van der Waals surface area contributed by atoms with E-state index in [0.717, 1.165) is 17.0 Å². The standard InChI is InChI=1S/C23H31NO4S/c1-5-28-22(27)23(12-10-16(2)3,13-11-21(25)26)19-15-29-20(24-19)14-18-8-6-17(4)7-9-18/h6-9,15-16H,5,10-14H2,1-4H3,(H,25,26). The van der Waals surface area contributed by atoms with Gasteiger partial charge in [-0.25, -0.2) is 4.98 Å². The van der Waals surface area contributed by atoms with Crippen molar-refractivity contribution >= 4 is 23.3 Å². The Hall–Kier alpha value is -2.21. The Morgan fingerprint density at radius 2 is 1.90 bits per heavy atom. The molecule has 0 saturated heterocycles. The molecule has 1 aromatic heterocycles. The Kier molecular flexibility index (Phi) is 8.38. The summed E-state index contributed by atoms with van der Waals surface area (Å²) in [5, 5.41) is 12.1. The van der Waals surface area contributed by atoms with Crippen molar-refractivity contribution < 1.29 is 19.4 Å². The van der Waals surface area contributed by atoms with E-state index in [1.807, 2.05) is 5.38 Å². The molecule has 158 valence electrons. The van der Waals surface area contributed by atoms with Gasteiger partial charge < -0.3 is 9.84 Å². The number of aryl methyl sites for hydroxylation is 1. The number of thiazole rings is 1. The first-order valence-electron chi connectivity index (χ1n) is 10.2. The van der Waals surface area contributed by atoms with Crippen LogP contribution >= 0.6 is 11.3 Å². The lowest BCUT2D eigenvalue weighted by Crippen LogP contribution is -2.39. The summed E-state index contributed by atoms with van der Waals surface area (Å²) in [5.74, 6) is -0.897. The van der Waals surface area contributed by atoms with Crippen LogP contribution in [0.1, 0.15) is 68.3 Å². The van der Waals surface area contributed by atoms with Gasteiger partial charge in [0.05, 0.1) is 17.3 Å². The lowest BCUT2D eigenvalue weighted by molar-refractivity contribution is -0.151. The van der Waals surface area contributed by atoms with Gasteiger partial charge in [0.15, 0.2) is 0 Å². The minimum absolute atomic E-state index is 0.0955. The third-order valence-corrected chi connectivity index (χ3v) is 5.95. The maximum atomic E-state index is 13.0. The molecule has 0 amide bonds. The molecule has 0 aliphatic carbocycles. The summed E-state index contributed by atoms with van der Waals surface area (Å²) in [6.07, 6.45) is 2.12. The Morgan fingerprint density at radius 3 is 2.48 bits per heavy atom. The molecule has 0 aliphatic heterocycles. The van der Waals surface area contributed by atoms with E-state index in [1.165, 1.54) is 16.9 Å². The van der Waals surface area contributed by atoms with Crippen molar-refractivity contribution in [2.24, 2.45) is 5.92 Å². The zero-order chi connectivity index (χ0) is 21.4. The van der Waals surface area contributed by atoms with Crippen molar-refractivity contribution in [2.75, 3.05) is 6.61 Å². The van der Waals surface area contributed by atoms with Crippen LogP contribution in [-0.4, -0.2) is 28.6 Å².